The molecule has 7 nitrogen and oxygen atoms in total. The molecule has 1 heterocycles. The van der Waals surface area contributed by atoms with Crippen LogP contribution in [-0.4, -0.2) is 38.3 Å². The molecule has 0 bridgehead atoms. The summed E-state index contributed by atoms with van der Waals surface area (Å²) in [6, 6.07) is 9.27. The number of fused-ring (bicyclic) bond motifs is 1. The van der Waals surface area contributed by atoms with Gasteiger partial charge in [0.15, 0.2) is 0 Å². The van der Waals surface area contributed by atoms with Gasteiger partial charge in [0, 0.05) is 16.8 Å². The van der Waals surface area contributed by atoms with Crippen molar-refractivity contribution in [3.63, 3.8) is 0 Å². The summed E-state index contributed by atoms with van der Waals surface area (Å²) in [5.74, 6) is -2.62. The van der Waals surface area contributed by atoms with Crippen LogP contribution in [-0.2, 0) is 11.2 Å². The predicted octanol–water partition coefficient (Wildman–Crippen LogP) is 4.05. The molecule has 9 heteroatoms. The van der Waals surface area contributed by atoms with E-state index in [0.717, 1.165) is 0 Å². The zero-order valence-corrected chi connectivity index (χ0v) is 15.7. The number of phenolic OH excluding ortho intramolecular Hbond substituents is 1. The number of anilines is 1. The first-order chi connectivity index (χ1) is 13.2. The quantitative estimate of drug-likeness (QED) is 0.474. The number of aliphatic carboxylic acids is 1. The second kappa shape index (κ2) is 7.92. The second-order valence-corrected chi connectivity index (χ2v) is 6.90. The Kier molecular flexibility index (Phi) is 5.58. The summed E-state index contributed by atoms with van der Waals surface area (Å²) in [6.45, 7) is 0. The molecule has 1 atom stereocenters. The number of aromatic nitrogens is 1. The third kappa shape index (κ3) is 4.27. The van der Waals surface area contributed by atoms with Gasteiger partial charge >= 0.3 is 11.9 Å². The number of rotatable bonds is 6. The number of aromatic hydroxyl groups is 1. The summed E-state index contributed by atoms with van der Waals surface area (Å²) < 4.78 is 0. The van der Waals surface area contributed by atoms with E-state index in [9.17, 15) is 24.9 Å². The number of phenols is 1. The molecule has 0 amide bonds. The molecule has 3 rings (SSSR count). The van der Waals surface area contributed by atoms with E-state index in [1.54, 1.807) is 12.1 Å². The highest BCUT2D eigenvalue weighted by atomic mass is 35.5. The molecule has 0 aliphatic carbocycles. The van der Waals surface area contributed by atoms with E-state index in [2.05, 4.69) is 10.3 Å². The maximum absolute atomic E-state index is 11.7. The minimum atomic E-state index is -1.28. The van der Waals surface area contributed by atoms with E-state index in [0.29, 0.717) is 21.5 Å². The molecule has 0 fully saturated rings. The number of nitrogens with zero attached hydrogens (tertiary/aromatic N) is 1. The summed E-state index contributed by atoms with van der Waals surface area (Å²) in [5.41, 5.74) is 0.635. The molecule has 3 aromatic rings. The monoisotopic (exact) mass is 420 g/mol. The van der Waals surface area contributed by atoms with E-state index in [1.165, 1.54) is 30.3 Å². The maximum Gasteiger partial charge on any atom is 0.339 e. The minimum Gasteiger partial charge on any atom is -0.508 e. The fourth-order valence-electron chi connectivity index (χ4n) is 2.77. The lowest BCUT2D eigenvalue weighted by molar-refractivity contribution is -0.137. The topological polar surface area (TPSA) is 120 Å². The molecule has 4 N–H and O–H groups in total. The van der Waals surface area contributed by atoms with Gasteiger partial charge in [-0.25, -0.2) is 14.6 Å². The summed E-state index contributed by atoms with van der Waals surface area (Å²) >= 11 is 12.1. The van der Waals surface area contributed by atoms with Gasteiger partial charge < -0.3 is 20.6 Å². The molecular formula is C19H14Cl2N2O5. The van der Waals surface area contributed by atoms with Crippen LogP contribution in [0.2, 0.25) is 10.0 Å². The van der Waals surface area contributed by atoms with E-state index >= 15 is 0 Å². The fourth-order valence-corrected chi connectivity index (χ4v) is 3.32. The molecule has 144 valence electrons. The molecule has 0 spiro atoms. The van der Waals surface area contributed by atoms with Crippen LogP contribution in [0.5, 0.6) is 5.75 Å². The van der Waals surface area contributed by atoms with Crippen molar-refractivity contribution in [3.8, 4) is 5.75 Å². The summed E-state index contributed by atoms with van der Waals surface area (Å²) in [6.07, 6.45) is -0.00312. The Bertz CT molecular complexity index is 1090. The highest BCUT2D eigenvalue weighted by molar-refractivity contribution is 6.38. The number of aromatic carboxylic acids is 1. The van der Waals surface area contributed by atoms with Crippen molar-refractivity contribution in [2.45, 2.75) is 12.5 Å². The standard InChI is InChI=1S/C19H14Cl2N2O5/c20-11-6-10-7-13(18(25)26)17(23-16(10)14(21)8-11)22-15(19(27)28)5-9-2-1-3-12(24)4-9/h1-4,6-8,15,24H,5H2,(H,22,23)(H,25,26)(H,27,28). The van der Waals surface area contributed by atoms with E-state index in [-0.39, 0.29) is 28.6 Å². The van der Waals surface area contributed by atoms with Gasteiger partial charge in [0.1, 0.15) is 23.2 Å². The first-order valence-corrected chi connectivity index (χ1v) is 8.80. The van der Waals surface area contributed by atoms with Crippen molar-refractivity contribution in [2.24, 2.45) is 0 Å². The van der Waals surface area contributed by atoms with E-state index in [4.69, 9.17) is 23.2 Å². The molecule has 0 radical (unpaired) electrons. The Balaban J connectivity index is 2.03. The second-order valence-electron chi connectivity index (χ2n) is 6.06. The van der Waals surface area contributed by atoms with Crippen molar-refractivity contribution in [1.82, 2.24) is 4.98 Å². The number of hydrogen-bond acceptors (Lipinski definition) is 5. The number of benzene rings is 2. The zero-order valence-electron chi connectivity index (χ0n) is 14.2. The number of carboxylic acids is 2. The van der Waals surface area contributed by atoms with Crippen LogP contribution < -0.4 is 5.32 Å². The Morgan fingerprint density at radius 1 is 1.11 bits per heavy atom. The average Bonchev–Trinajstić information content (AvgIpc) is 2.60. The van der Waals surface area contributed by atoms with Gasteiger partial charge in [0.25, 0.3) is 0 Å². The summed E-state index contributed by atoms with van der Waals surface area (Å²) in [7, 11) is 0. The Hall–Kier alpha value is -3.03. The number of hydrogen-bond donors (Lipinski definition) is 4. The Labute approximate surface area is 169 Å². The van der Waals surface area contributed by atoms with Gasteiger partial charge in [-0.05, 0) is 35.9 Å². The van der Waals surface area contributed by atoms with Gasteiger partial charge in [-0.1, -0.05) is 35.3 Å². The third-order valence-corrected chi connectivity index (χ3v) is 4.53. The number of carbonyl (C=O) groups is 2. The van der Waals surface area contributed by atoms with Crippen LogP contribution in [0.15, 0.2) is 42.5 Å². The van der Waals surface area contributed by atoms with Crippen molar-refractivity contribution in [2.75, 3.05) is 5.32 Å². The van der Waals surface area contributed by atoms with Gasteiger partial charge in [-0.15, -0.1) is 0 Å². The van der Waals surface area contributed by atoms with Crippen LogP contribution in [0, 0.1) is 0 Å². The number of halogens is 2. The van der Waals surface area contributed by atoms with Gasteiger partial charge in [0.05, 0.1) is 10.5 Å². The molecular weight excluding hydrogens is 407 g/mol. The maximum atomic E-state index is 11.7. The van der Waals surface area contributed by atoms with E-state index in [1.807, 2.05) is 0 Å². The van der Waals surface area contributed by atoms with Crippen LogP contribution in [0.4, 0.5) is 5.82 Å². The molecule has 2 aromatic carbocycles. The summed E-state index contributed by atoms with van der Waals surface area (Å²) in [4.78, 5) is 27.6. The Morgan fingerprint density at radius 3 is 2.50 bits per heavy atom. The smallest absolute Gasteiger partial charge is 0.339 e. The zero-order chi connectivity index (χ0) is 20.4. The van der Waals surface area contributed by atoms with Crippen molar-refractivity contribution in [3.05, 3.63) is 63.6 Å². The molecule has 28 heavy (non-hydrogen) atoms. The van der Waals surface area contributed by atoms with Crippen molar-refractivity contribution < 1.29 is 24.9 Å². The van der Waals surface area contributed by atoms with E-state index < -0.39 is 18.0 Å². The third-order valence-electron chi connectivity index (χ3n) is 4.03. The number of pyridine rings is 1. The highest BCUT2D eigenvalue weighted by Crippen LogP contribution is 2.30. The lowest BCUT2D eigenvalue weighted by Gasteiger charge is -2.17. The highest BCUT2D eigenvalue weighted by Gasteiger charge is 2.23. The van der Waals surface area contributed by atoms with Gasteiger partial charge in [-0.3, -0.25) is 0 Å². The molecule has 0 aliphatic rings. The Morgan fingerprint density at radius 2 is 1.86 bits per heavy atom. The number of nitrogens with one attached hydrogen (secondary N) is 1. The van der Waals surface area contributed by atoms with Gasteiger partial charge in [0.2, 0.25) is 0 Å². The normalized spacial score (nSPS) is 11.9. The minimum absolute atomic E-state index is 0.000328. The SMILES string of the molecule is O=C(O)c1cc2cc(Cl)cc(Cl)c2nc1NC(Cc1cccc(O)c1)C(=O)O. The predicted molar refractivity (Wildman–Crippen MR) is 106 cm³/mol. The fraction of sp³-hybridized carbons (Fsp3) is 0.105. The van der Waals surface area contributed by atoms with Crippen LogP contribution >= 0.6 is 23.2 Å². The van der Waals surface area contributed by atoms with Crippen molar-refractivity contribution >= 4 is 51.9 Å². The molecule has 1 unspecified atom stereocenters. The van der Waals surface area contributed by atoms with Gasteiger partial charge in [-0.2, -0.15) is 0 Å². The summed E-state index contributed by atoms with van der Waals surface area (Å²) in [5, 5.41) is 32.2. The van der Waals surface area contributed by atoms with Crippen LogP contribution in [0.1, 0.15) is 15.9 Å². The van der Waals surface area contributed by atoms with Crippen LogP contribution in [0.25, 0.3) is 10.9 Å². The van der Waals surface area contributed by atoms with Crippen LogP contribution in [0.3, 0.4) is 0 Å². The largest absolute Gasteiger partial charge is 0.508 e. The lowest BCUT2D eigenvalue weighted by Crippen LogP contribution is -2.32. The lowest BCUT2D eigenvalue weighted by atomic mass is 10.0. The number of carboxylic acid groups (broad SMARTS) is 2. The molecule has 0 saturated heterocycles. The molecule has 0 saturated carbocycles. The molecule has 1 aromatic heterocycles. The van der Waals surface area contributed by atoms with Crippen molar-refractivity contribution in [1.29, 1.82) is 0 Å². The first-order valence-electron chi connectivity index (χ1n) is 8.05. The average molecular weight is 421 g/mol. The first kappa shape index (κ1) is 19.7. The molecule has 0 aliphatic heterocycles.